The number of methoxy groups -OCH3 is 2. The van der Waals surface area contributed by atoms with Gasteiger partial charge in [-0.15, -0.1) is 0 Å². The number of aryl methyl sites for hydroxylation is 1. The summed E-state index contributed by atoms with van der Waals surface area (Å²) in [6.07, 6.45) is 0.400. The standard InChI is InChI=1S/C27H27N3O3/c1-18-8-10-19(11-9-18)16-30-23-7-5-4-6-22(23)28-27(30)20-14-26(31)29(17-20)24-15-21(32-2)12-13-25(24)33-3/h4-13,15,20H,14,16-17H2,1-3H3. The number of hydrogen-bond donors (Lipinski definition) is 0. The summed E-state index contributed by atoms with van der Waals surface area (Å²) in [5.41, 5.74) is 5.20. The Kier molecular flexibility index (Phi) is 5.50. The SMILES string of the molecule is COc1ccc(OC)c(N2CC(c3nc4ccccc4n3Cc3ccc(C)cc3)CC2=O)c1. The maximum absolute atomic E-state index is 13.1. The molecule has 1 saturated heterocycles. The minimum atomic E-state index is -0.0220. The predicted molar refractivity (Wildman–Crippen MR) is 129 cm³/mol. The average molecular weight is 442 g/mol. The molecule has 5 rings (SSSR count). The highest BCUT2D eigenvalue weighted by atomic mass is 16.5. The second-order valence-electron chi connectivity index (χ2n) is 8.47. The Hall–Kier alpha value is -3.80. The number of ether oxygens (including phenoxy) is 2. The van der Waals surface area contributed by atoms with Crippen molar-refractivity contribution in [1.29, 1.82) is 0 Å². The molecule has 0 spiro atoms. The van der Waals surface area contributed by atoms with Crippen LogP contribution in [0, 0.1) is 6.92 Å². The van der Waals surface area contributed by atoms with Gasteiger partial charge in [-0.25, -0.2) is 4.98 Å². The van der Waals surface area contributed by atoms with Gasteiger partial charge >= 0.3 is 0 Å². The maximum atomic E-state index is 13.1. The summed E-state index contributed by atoms with van der Waals surface area (Å²) in [4.78, 5) is 19.9. The monoisotopic (exact) mass is 441 g/mol. The van der Waals surface area contributed by atoms with Crippen LogP contribution in [-0.2, 0) is 11.3 Å². The first-order chi connectivity index (χ1) is 16.1. The van der Waals surface area contributed by atoms with Crippen molar-refractivity contribution >= 4 is 22.6 Å². The number of anilines is 1. The fourth-order valence-electron chi connectivity index (χ4n) is 4.57. The molecule has 2 heterocycles. The minimum absolute atomic E-state index is 0.0220. The third-order valence-electron chi connectivity index (χ3n) is 6.31. The van der Waals surface area contributed by atoms with Crippen LogP contribution in [0.25, 0.3) is 11.0 Å². The molecule has 0 saturated carbocycles. The number of hydrogen-bond acceptors (Lipinski definition) is 4. The third kappa shape index (κ3) is 3.93. The van der Waals surface area contributed by atoms with Crippen LogP contribution < -0.4 is 14.4 Å². The molecule has 33 heavy (non-hydrogen) atoms. The van der Waals surface area contributed by atoms with E-state index >= 15 is 0 Å². The Morgan fingerprint density at radius 3 is 2.55 bits per heavy atom. The second-order valence-corrected chi connectivity index (χ2v) is 8.47. The number of fused-ring (bicyclic) bond motifs is 1. The van der Waals surface area contributed by atoms with E-state index in [1.54, 1.807) is 19.1 Å². The van der Waals surface area contributed by atoms with E-state index in [-0.39, 0.29) is 11.8 Å². The van der Waals surface area contributed by atoms with E-state index in [2.05, 4.69) is 41.8 Å². The molecule has 6 nitrogen and oxygen atoms in total. The topological polar surface area (TPSA) is 56.6 Å². The number of para-hydroxylation sites is 2. The van der Waals surface area contributed by atoms with Crippen molar-refractivity contribution in [2.24, 2.45) is 0 Å². The molecular weight excluding hydrogens is 414 g/mol. The molecule has 1 fully saturated rings. The van der Waals surface area contributed by atoms with E-state index in [9.17, 15) is 4.79 Å². The zero-order valence-corrected chi connectivity index (χ0v) is 19.1. The van der Waals surface area contributed by atoms with Crippen LogP contribution in [0.5, 0.6) is 11.5 Å². The Labute approximate surface area is 193 Å². The summed E-state index contributed by atoms with van der Waals surface area (Å²) < 4.78 is 13.2. The molecule has 168 valence electrons. The Morgan fingerprint density at radius 1 is 1.00 bits per heavy atom. The van der Waals surface area contributed by atoms with Crippen molar-refractivity contribution in [1.82, 2.24) is 9.55 Å². The van der Waals surface area contributed by atoms with E-state index in [0.717, 1.165) is 22.5 Å². The van der Waals surface area contributed by atoms with Crippen molar-refractivity contribution < 1.29 is 14.3 Å². The van der Waals surface area contributed by atoms with Crippen molar-refractivity contribution in [3.05, 3.63) is 83.7 Å². The third-order valence-corrected chi connectivity index (χ3v) is 6.31. The van der Waals surface area contributed by atoms with Crippen molar-refractivity contribution in [2.45, 2.75) is 25.8 Å². The molecule has 1 atom stereocenters. The predicted octanol–water partition coefficient (Wildman–Crippen LogP) is 4.93. The molecule has 1 amide bonds. The van der Waals surface area contributed by atoms with Gasteiger partial charge in [0.05, 0.1) is 30.9 Å². The van der Waals surface area contributed by atoms with Gasteiger partial charge in [-0.3, -0.25) is 4.79 Å². The van der Waals surface area contributed by atoms with Gasteiger partial charge in [0.2, 0.25) is 5.91 Å². The highest BCUT2D eigenvalue weighted by Gasteiger charge is 2.36. The number of carbonyl (C=O) groups is 1. The van der Waals surface area contributed by atoms with Gasteiger partial charge in [-0.05, 0) is 36.8 Å². The van der Waals surface area contributed by atoms with Crippen LogP contribution in [-0.4, -0.2) is 36.2 Å². The lowest BCUT2D eigenvalue weighted by atomic mass is 10.1. The summed E-state index contributed by atoms with van der Waals surface area (Å²) in [5, 5.41) is 0. The summed E-state index contributed by atoms with van der Waals surface area (Å²) in [7, 11) is 3.23. The van der Waals surface area contributed by atoms with E-state index in [1.165, 1.54) is 11.1 Å². The molecule has 1 aromatic heterocycles. The van der Waals surface area contributed by atoms with Gasteiger partial charge < -0.3 is 18.9 Å². The molecule has 1 unspecified atom stereocenters. The van der Waals surface area contributed by atoms with Crippen molar-refractivity contribution in [3.63, 3.8) is 0 Å². The van der Waals surface area contributed by atoms with Crippen LogP contribution in [0.1, 0.15) is 29.3 Å². The van der Waals surface area contributed by atoms with E-state index in [4.69, 9.17) is 14.5 Å². The minimum Gasteiger partial charge on any atom is -0.497 e. The molecule has 1 aliphatic rings. The lowest BCUT2D eigenvalue weighted by molar-refractivity contribution is -0.117. The average Bonchev–Trinajstić information content (AvgIpc) is 3.40. The summed E-state index contributed by atoms with van der Waals surface area (Å²) >= 11 is 0. The quantitative estimate of drug-likeness (QED) is 0.426. The lowest BCUT2D eigenvalue weighted by Gasteiger charge is -2.20. The van der Waals surface area contributed by atoms with Gasteiger partial charge in [0, 0.05) is 31.5 Å². The van der Waals surface area contributed by atoms with E-state index in [0.29, 0.717) is 31.0 Å². The molecule has 3 aromatic carbocycles. The first kappa shape index (κ1) is 21.1. The van der Waals surface area contributed by atoms with Crippen LogP contribution in [0.4, 0.5) is 5.69 Å². The number of nitrogens with zero attached hydrogens (tertiary/aromatic N) is 3. The number of carbonyl (C=O) groups excluding carboxylic acids is 1. The number of rotatable bonds is 6. The Balaban J connectivity index is 1.52. The Bertz CT molecular complexity index is 1310. The molecule has 0 radical (unpaired) electrons. The molecule has 0 aliphatic carbocycles. The number of imidazole rings is 1. The van der Waals surface area contributed by atoms with Gasteiger partial charge in [0.25, 0.3) is 0 Å². The first-order valence-electron chi connectivity index (χ1n) is 11.1. The van der Waals surface area contributed by atoms with Crippen LogP contribution in [0.2, 0.25) is 0 Å². The second kappa shape index (κ2) is 8.62. The molecule has 0 N–H and O–H groups in total. The Morgan fingerprint density at radius 2 is 1.79 bits per heavy atom. The molecule has 1 aliphatic heterocycles. The zero-order chi connectivity index (χ0) is 22.9. The van der Waals surface area contributed by atoms with Crippen LogP contribution in [0.3, 0.4) is 0 Å². The highest BCUT2D eigenvalue weighted by Crippen LogP contribution is 2.39. The van der Waals surface area contributed by atoms with E-state index in [1.807, 2.05) is 36.4 Å². The van der Waals surface area contributed by atoms with Crippen molar-refractivity contribution in [3.8, 4) is 11.5 Å². The summed E-state index contributed by atoms with van der Waals surface area (Å²) in [5.74, 6) is 2.31. The van der Waals surface area contributed by atoms with Gasteiger partial charge in [0.15, 0.2) is 0 Å². The first-order valence-corrected chi connectivity index (χ1v) is 11.1. The smallest absolute Gasteiger partial charge is 0.227 e. The maximum Gasteiger partial charge on any atom is 0.227 e. The van der Waals surface area contributed by atoms with Crippen LogP contribution in [0.15, 0.2) is 66.7 Å². The van der Waals surface area contributed by atoms with Gasteiger partial charge in [-0.2, -0.15) is 0 Å². The number of amides is 1. The highest BCUT2D eigenvalue weighted by molar-refractivity contribution is 5.98. The fourth-order valence-corrected chi connectivity index (χ4v) is 4.57. The molecule has 4 aromatic rings. The van der Waals surface area contributed by atoms with Crippen LogP contribution >= 0.6 is 0 Å². The van der Waals surface area contributed by atoms with Gasteiger partial charge in [0.1, 0.15) is 17.3 Å². The lowest BCUT2D eigenvalue weighted by Crippen LogP contribution is -2.25. The van der Waals surface area contributed by atoms with Gasteiger partial charge in [-0.1, -0.05) is 42.0 Å². The van der Waals surface area contributed by atoms with Crippen molar-refractivity contribution in [2.75, 3.05) is 25.7 Å². The molecule has 6 heteroatoms. The normalized spacial score (nSPS) is 15.9. The molecule has 0 bridgehead atoms. The fraction of sp³-hybridized carbons (Fsp3) is 0.259. The zero-order valence-electron chi connectivity index (χ0n) is 19.1. The summed E-state index contributed by atoms with van der Waals surface area (Å²) in [6.45, 7) is 3.34. The largest absolute Gasteiger partial charge is 0.497 e. The molecular formula is C27H27N3O3. The number of aromatic nitrogens is 2. The summed E-state index contributed by atoms with van der Waals surface area (Å²) in [6, 6.07) is 22.3. The van der Waals surface area contributed by atoms with E-state index < -0.39 is 0 Å². The number of benzene rings is 3.